The third-order valence-corrected chi connectivity index (χ3v) is 8.13. The van der Waals surface area contributed by atoms with Crippen LogP contribution in [0.5, 0.6) is 34.5 Å². The molecule has 0 saturated heterocycles. The molecule has 10 heteroatoms. The molecule has 1 aliphatic heterocycles. The molecule has 1 aliphatic rings. The fraction of sp³-hybridized carbons (Fsp3) is 0.355. The summed E-state index contributed by atoms with van der Waals surface area (Å²) in [6.45, 7) is 10.5. The van der Waals surface area contributed by atoms with Crippen LogP contribution in [-0.4, -0.2) is 47.5 Å². The largest absolute Gasteiger partial charge is 0.507 e. The van der Waals surface area contributed by atoms with Crippen molar-refractivity contribution >= 4 is 21.5 Å². The molecule has 0 saturated carbocycles. The van der Waals surface area contributed by atoms with Crippen molar-refractivity contribution in [1.82, 2.24) is 10.6 Å². The van der Waals surface area contributed by atoms with Crippen LogP contribution in [-0.2, 0) is 0 Å². The molecular formula is C31H36N2O8. The summed E-state index contributed by atoms with van der Waals surface area (Å²) in [5.41, 5.74) is 1.83. The fourth-order valence-electron chi connectivity index (χ4n) is 6.36. The van der Waals surface area contributed by atoms with Crippen LogP contribution < -0.4 is 10.6 Å². The van der Waals surface area contributed by atoms with Gasteiger partial charge >= 0.3 is 0 Å². The van der Waals surface area contributed by atoms with E-state index in [9.17, 15) is 40.9 Å². The maximum absolute atomic E-state index is 11.9. The molecule has 2 unspecified atom stereocenters. The van der Waals surface area contributed by atoms with Gasteiger partial charge in [0.2, 0.25) is 0 Å². The van der Waals surface area contributed by atoms with E-state index in [2.05, 4.69) is 10.6 Å². The van der Waals surface area contributed by atoms with Crippen molar-refractivity contribution in [1.29, 1.82) is 0 Å². The standard InChI is InChI=1S/C31H36N2O8/c1-10(2)16-14-7-12(5)18-19-13(6)8-15-17(11(3)4)27(37)29(39)23(21(15)25(19)35)31(41)33-9-32-30(40)22(20(14)24(18)34)28(38)26(16)36/h7-8,10-11,30-41H,9H2,1-6H3. The number of hydrogen-bond donors (Lipinski definition) is 10. The smallest absolute Gasteiger partial charge is 0.165 e. The van der Waals surface area contributed by atoms with E-state index in [1.54, 1.807) is 26.0 Å². The summed E-state index contributed by atoms with van der Waals surface area (Å²) in [7, 11) is 0. The third kappa shape index (κ3) is 4.01. The zero-order chi connectivity index (χ0) is 30.2. The van der Waals surface area contributed by atoms with Crippen LogP contribution in [0.4, 0.5) is 0 Å². The van der Waals surface area contributed by atoms with Gasteiger partial charge in [-0.15, -0.1) is 0 Å². The highest BCUT2D eigenvalue weighted by atomic mass is 16.3. The van der Waals surface area contributed by atoms with Gasteiger partial charge in [-0.2, -0.15) is 0 Å². The minimum atomic E-state index is -1.63. The molecule has 0 amide bonds. The van der Waals surface area contributed by atoms with E-state index in [0.29, 0.717) is 33.0 Å². The van der Waals surface area contributed by atoms with Gasteiger partial charge in [0.05, 0.1) is 17.8 Å². The van der Waals surface area contributed by atoms with Crippen molar-refractivity contribution in [2.45, 2.75) is 65.8 Å². The number of fused-ring (bicyclic) bond motifs is 3. The van der Waals surface area contributed by atoms with Gasteiger partial charge in [0.25, 0.3) is 0 Å². The SMILES string of the molecule is Cc1cc2c(C(C)C)c(O)c(O)c3c2c(O)c1-c1c(C)cc2c(C(C)C)c(O)c(O)c(c2c1O)C(O)NCNC3O. The zero-order valence-corrected chi connectivity index (χ0v) is 23.7. The Balaban J connectivity index is 2.07. The first kappa shape index (κ1) is 28.6. The first-order valence-corrected chi connectivity index (χ1v) is 13.5. The maximum Gasteiger partial charge on any atom is 0.165 e. The molecule has 10 nitrogen and oxygen atoms in total. The highest BCUT2D eigenvalue weighted by molar-refractivity contribution is 6.08. The molecule has 0 fully saturated rings. The van der Waals surface area contributed by atoms with Crippen molar-refractivity contribution in [2.24, 2.45) is 0 Å². The molecule has 0 aromatic heterocycles. The van der Waals surface area contributed by atoms with E-state index in [1.165, 1.54) is 0 Å². The van der Waals surface area contributed by atoms with E-state index in [0.717, 1.165) is 0 Å². The molecule has 2 atom stereocenters. The normalized spacial score (nSPS) is 17.5. The molecule has 0 radical (unpaired) electrons. The van der Waals surface area contributed by atoms with Crippen LogP contribution in [0.15, 0.2) is 12.1 Å². The summed E-state index contributed by atoms with van der Waals surface area (Å²) in [5.74, 6) is -3.32. The average molecular weight is 565 g/mol. The number of aromatic hydroxyl groups is 6. The molecule has 4 aromatic carbocycles. The molecule has 0 aliphatic carbocycles. The molecule has 4 bridgehead atoms. The van der Waals surface area contributed by atoms with Gasteiger partial charge in [0.15, 0.2) is 23.0 Å². The minimum absolute atomic E-state index is 0.0833. The number of benzene rings is 4. The van der Waals surface area contributed by atoms with Crippen LogP contribution in [0.1, 0.15) is 85.4 Å². The Morgan fingerprint density at radius 3 is 1.24 bits per heavy atom. The second-order valence-corrected chi connectivity index (χ2v) is 11.4. The molecule has 4 aromatic rings. The van der Waals surface area contributed by atoms with Gasteiger partial charge in [-0.1, -0.05) is 39.8 Å². The highest BCUT2D eigenvalue weighted by Crippen LogP contribution is 2.56. The van der Waals surface area contributed by atoms with Gasteiger partial charge in [-0.05, 0) is 47.6 Å². The van der Waals surface area contributed by atoms with Crippen LogP contribution in [0.2, 0.25) is 0 Å². The molecule has 10 N–H and O–H groups in total. The Morgan fingerprint density at radius 1 is 0.585 bits per heavy atom. The Labute approximate surface area is 236 Å². The van der Waals surface area contributed by atoms with Gasteiger partial charge in [0.1, 0.15) is 24.0 Å². The Morgan fingerprint density at radius 2 is 0.927 bits per heavy atom. The summed E-state index contributed by atoms with van der Waals surface area (Å²) >= 11 is 0. The van der Waals surface area contributed by atoms with E-state index >= 15 is 0 Å². The number of hydrogen-bond acceptors (Lipinski definition) is 10. The number of rotatable bonds is 2. The van der Waals surface area contributed by atoms with Gasteiger partial charge in [-0.25, -0.2) is 0 Å². The lowest BCUT2D eigenvalue weighted by Crippen LogP contribution is -2.34. The quantitative estimate of drug-likeness (QED) is 0.150. The van der Waals surface area contributed by atoms with Crippen LogP contribution >= 0.6 is 0 Å². The number of phenols is 6. The molecule has 1 heterocycles. The van der Waals surface area contributed by atoms with E-state index in [1.807, 2.05) is 27.7 Å². The molecule has 41 heavy (non-hydrogen) atoms. The monoisotopic (exact) mass is 564 g/mol. The van der Waals surface area contributed by atoms with Crippen LogP contribution in [0, 0.1) is 13.8 Å². The highest BCUT2D eigenvalue weighted by Gasteiger charge is 2.33. The lowest BCUT2D eigenvalue weighted by atomic mass is 9.82. The van der Waals surface area contributed by atoms with Gasteiger partial charge in [-0.3, -0.25) is 10.6 Å². The number of aliphatic hydroxyl groups is 2. The van der Waals surface area contributed by atoms with Crippen molar-refractivity contribution in [3.05, 3.63) is 45.5 Å². The minimum Gasteiger partial charge on any atom is -0.507 e. The topological polar surface area (TPSA) is 186 Å². The molecule has 218 valence electrons. The maximum atomic E-state index is 11.9. The lowest BCUT2D eigenvalue weighted by molar-refractivity contribution is 0.101. The molecular weight excluding hydrogens is 528 g/mol. The van der Waals surface area contributed by atoms with Crippen molar-refractivity contribution in [2.75, 3.05) is 6.67 Å². The Hall–Kier alpha value is -3.96. The van der Waals surface area contributed by atoms with Crippen LogP contribution in [0.3, 0.4) is 0 Å². The second-order valence-electron chi connectivity index (χ2n) is 11.4. The van der Waals surface area contributed by atoms with Gasteiger partial charge in [0, 0.05) is 33.0 Å². The van der Waals surface area contributed by atoms with E-state index in [4.69, 9.17) is 0 Å². The van der Waals surface area contributed by atoms with E-state index < -0.39 is 35.5 Å². The summed E-state index contributed by atoms with van der Waals surface area (Å²) in [4.78, 5) is 0. The predicted molar refractivity (Wildman–Crippen MR) is 156 cm³/mol. The van der Waals surface area contributed by atoms with Gasteiger partial charge < -0.3 is 40.9 Å². The van der Waals surface area contributed by atoms with E-state index in [-0.39, 0.29) is 63.0 Å². The number of nitrogens with one attached hydrogen (secondary N) is 2. The summed E-state index contributed by atoms with van der Waals surface area (Å²) in [6, 6.07) is 3.44. The van der Waals surface area contributed by atoms with Crippen molar-refractivity contribution in [3.63, 3.8) is 0 Å². The summed E-state index contributed by atoms with van der Waals surface area (Å²) < 4.78 is 0. The zero-order valence-electron chi connectivity index (χ0n) is 23.7. The first-order valence-electron chi connectivity index (χ1n) is 13.5. The third-order valence-electron chi connectivity index (χ3n) is 8.13. The number of aryl methyl sites for hydroxylation is 2. The lowest BCUT2D eigenvalue weighted by Gasteiger charge is -2.25. The second kappa shape index (κ2) is 9.85. The molecule has 0 spiro atoms. The fourth-order valence-corrected chi connectivity index (χ4v) is 6.36. The molecule has 5 rings (SSSR count). The Bertz CT molecular complexity index is 1620. The van der Waals surface area contributed by atoms with Crippen molar-refractivity contribution < 1.29 is 40.9 Å². The summed E-state index contributed by atoms with van der Waals surface area (Å²) in [5, 5.41) is 96.7. The van der Waals surface area contributed by atoms with Crippen LogP contribution in [0.25, 0.3) is 32.7 Å². The first-order chi connectivity index (χ1) is 19.2. The van der Waals surface area contributed by atoms with Crippen molar-refractivity contribution in [3.8, 4) is 45.6 Å². The predicted octanol–water partition coefficient (Wildman–Crippen LogP) is 4.89. The Kier molecular flexibility index (Phi) is 6.86. The average Bonchev–Trinajstić information content (AvgIpc) is 2.87. The summed E-state index contributed by atoms with van der Waals surface area (Å²) in [6.07, 6.45) is -3.26. The number of aliphatic hydroxyl groups excluding tert-OH is 2. The number of phenolic OH excluding ortho intramolecular Hbond substituents is 6.